The fourth-order valence-corrected chi connectivity index (χ4v) is 3.04. The summed E-state index contributed by atoms with van der Waals surface area (Å²) in [4.78, 5) is 10.8. The average Bonchev–Trinajstić information content (AvgIpc) is 2.37. The fraction of sp³-hybridized carbons (Fsp3) is 0.417. The van der Waals surface area contributed by atoms with Gasteiger partial charge in [0.1, 0.15) is 11.9 Å². The number of benzene rings is 1. The minimum atomic E-state index is -4.06. The predicted molar refractivity (Wildman–Crippen MR) is 72.7 cm³/mol. The maximum absolute atomic E-state index is 13.0. The van der Waals surface area contributed by atoms with Crippen molar-refractivity contribution in [1.29, 1.82) is 0 Å². The average molecular weight is 324 g/mol. The van der Waals surface area contributed by atoms with Crippen LogP contribution < -0.4 is 4.72 Å². The minimum Gasteiger partial charge on any atom is -0.480 e. The van der Waals surface area contributed by atoms with Crippen molar-refractivity contribution in [2.24, 2.45) is 0 Å². The molecule has 0 aliphatic rings. The molecule has 0 amide bonds. The highest BCUT2D eigenvalue weighted by Gasteiger charge is 2.25. The summed E-state index contributed by atoms with van der Waals surface area (Å²) in [6, 6.07) is 1.67. The minimum absolute atomic E-state index is 0.181. The molecule has 8 heteroatoms. The van der Waals surface area contributed by atoms with Crippen molar-refractivity contribution in [3.63, 3.8) is 0 Å². The molecule has 1 atom stereocenters. The molecular formula is C12H15ClFNO4S. The standard InChI is InChI=1S/C12H15ClFNO4S/c1-2-3-4-11(12(16)17)15-20(18,19)8-5-6-10(14)9(13)7-8/h5-7,11,15H,2-4H2,1H3,(H,16,17). The molecule has 1 aromatic carbocycles. The molecule has 0 radical (unpaired) electrons. The molecule has 0 saturated heterocycles. The fourth-order valence-electron chi connectivity index (χ4n) is 1.54. The maximum atomic E-state index is 13.0. The van der Waals surface area contributed by atoms with Gasteiger partial charge >= 0.3 is 5.97 Å². The van der Waals surface area contributed by atoms with E-state index in [4.69, 9.17) is 16.7 Å². The van der Waals surface area contributed by atoms with Gasteiger partial charge in [-0.3, -0.25) is 4.79 Å². The zero-order chi connectivity index (χ0) is 15.3. The summed E-state index contributed by atoms with van der Waals surface area (Å²) in [7, 11) is -4.06. The monoisotopic (exact) mass is 323 g/mol. The molecule has 2 N–H and O–H groups in total. The Morgan fingerprint density at radius 1 is 1.50 bits per heavy atom. The molecule has 0 aliphatic heterocycles. The molecule has 0 aliphatic carbocycles. The number of carboxylic acid groups (broad SMARTS) is 1. The van der Waals surface area contributed by atoms with Crippen molar-refractivity contribution in [2.45, 2.75) is 37.1 Å². The van der Waals surface area contributed by atoms with E-state index in [0.717, 1.165) is 24.6 Å². The third-order valence-electron chi connectivity index (χ3n) is 2.64. The molecule has 5 nitrogen and oxygen atoms in total. The number of carbonyl (C=O) groups is 1. The quantitative estimate of drug-likeness (QED) is 0.807. The van der Waals surface area contributed by atoms with Crippen molar-refractivity contribution in [1.82, 2.24) is 4.72 Å². The first kappa shape index (κ1) is 16.9. The van der Waals surface area contributed by atoms with Gasteiger partial charge in [-0.15, -0.1) is 0 Å². The number of hydrogen-bond donors (Lipinski definition) is 2. The van der Waals surface area contributed by atoms with Gasteiger partial charge in [-0.2, -0.15) is 4.72 Å². The second-order valence-electron chi connectivity index (χ2n) is 4.23. The third-order valence-corrected chi connectivity index (χ3v) is 4.40. The second-order valence-corrected chi connectivity index (χ2v) is 6.35. The number of hydrogen-bond acceptors (Lipinski definition) is 3. The van der Waals surface area contributed by atoms with Crippen LogP contribution in [0.3, 0.4) is 0 Å². The van der Waals surface area contributed by atoms with Crippen LogP contribution in [-0.4, -0.2) is 25.5 Å². The van der Waals surface area contributed by atoms with Gasteiger partial charge in [0.05, 0.1) is 9.92 Å². The van der Waals surface area contributed by atoms with E-state index in [-0.39, 0.29) is 16.3 Å². The van der Waals surface area contributed by atoms with Crippen molar-refractivity contribution < 1.29 is 22.7 Å². The van der Waals surface area contributed by atoms with Crippen molar-refractivity contribution in [2.75, 3.05) is 0 Å². The molecule has 1 unspecified atom stereocenters. The van der Waals surface area contributed by atoms with Crippen LogP contribution in [0.15, 0.2) is 23.1 Å². The van der Waals surface area contributed by atoms with Crippen LogP contribution in [0.2, 0.25) is 5.02 Å². The first-order chi connectivity index (χ1) is 9.27. The number of sulfonamides is 1. The molecule has 0 fully saturated rings. The van der Waals surface area contributed by atoms with Gasteiger partial charge in [0.15, 0.2) is 0 Å². The Kier molecular flexibility index (Phi) is 5.91. The van der Waals surface area contributed by atoms with Crippen molar-refractivity contribution in [3.05, 3.63) is 29.0 Å². The Bertz CT molecular complexity index is 591. The number of aliphatic carboxylic acids is 1. The number of carboxylic acids is 1. The Morgan fingerprint density at radius 3 is 2.65 bits per heavy atom. The molecule has 1 aromatic rings. The predicted octanol–water partition coefficient (Wildman–Crippen LogP) is 2.40. The van der Waals surface area contributed by atoms with Crippen LogP contribution in [0.5, 0.6) is 0 Å². The molecule has 0 aromatic heterocycles. The van der Waals surface area contributed by atoms with Gasteiger partial charge in [-0.25, -0.2) is 12.8 Å². The third kappa shape index (κ3) is 4.43. The van der Waals surface area contributed by atoms with Crippen LogP contribution in [0.1, 0.15) is 26.2 Å². The van der Waals surface area contributed by atoms with E-state index in [1.165, 1.54) is 0 Å². The highest BCUT2D eigenvalue weighted by Crippen LogP contribution is 2.19. The van der Waals surface area contributed by atoms with E-state index in [0.29, 0.717) is 6.42 Å². The van der Waals surface area contributed by atoms with E-state index in [1.807, 2.05) is 6.92 Å². The number of unbranched alkanes of at least 4 members (excludes halogenated alkanes) is 1. The van der Waals surface area contributed by atoms with Gasteiger partial charge < -0.3 is 5.11 Å². The molecular weight excluding hydrogens is 309 g/mol. The Hall–Kier alpha value is -1.18. The lowest BCUT2D eigenvalue weighted by atomic mass is 10.1. The van der Waals surface area contributed by atoms with E-state index < -0.39 is 27.9 Å². The SMILES string of the molecule is CCCCC(NS(=O)(=O)c1ccc(F)c(Cl)c1)C(=O)O. The largest absolute Gasteiger partial charge is 0.480 e. The normalized spacial score (nSPS) is 13.2. The number of halogens is 2. The maximum Gasteiger partial charge on any atom is 0.321 e. The Morgan fingerprint density at radius 2 is 2.15 bits per heavy atom. The lowest BCUT2D eigenvalue weighted by molar-refractivity contribution is -0.139. The highest BCUT2D eigenvalue weighted by atomic mass is 35.5. The van der Waals surface area contributed by atoms with E-state index in [2.05, 4.69) is 4.72 Å². The van der Waals surface area contributed by atoms with Crippen LogP contribution in [0, 0.1) is 5.82 Å². The van der Waals surface area contributed by atoms with Crippen LogP contribution >= 0.6 is 11.6 Å². The van der Waals surface area contributed by atoms with Gasteiger partial charge in [-0.1, -0.05) is 31.4 Å². The topological polar surface area (TPSA) is 83.5 Å². The van der Waals surface area contributed by atoms with E-state index in [1.54, 1.807) is 0 Å². The molecule has 0 spiro atoms. The number of rotatable bonds is 7. The summed E-state index contributed by atoms with van der Waals surface area (Å²) < 4.78 is 39.1. The summed E-state index contributed by atoms with van der Waals surface area (Å²) in [6.07, 6.45) is 1.50. The Balaban J connectivity index is 2.97. The smallest absolute Gasteiger partial charge is 0.321 e. The van der Waals surface area contributed by atoms with Gasteiger partial charge in [0.2, 0.25) is 10.0 Å². The van der Waals surface area contributed by atoms with E-state index in [9.17, 15) is 17.6 Å². The van der Waals surface area contributed by atoms with Crippen molar-refractivity contribution in [3.8, 4) is 0 Å². The van der Waals surface area contributed by atoms with Crippen molar-refractivity contribution >= 4 is 27.6 Å². The molecule has 0 bridgehead atoms. The summed E-state index contributed by atoms with van der Waals surface area (Å²) >= 11 is 5.52. The molecule has 0 heterocycles. The summed E-state index contributed by atoms with van der Waals surface area (Å²) in [6.45, 7) is 1.87. The second kappa shape index (κ2) is 7.01. The first-order valence-corrected chi connectivity index (χ1v) is 7.84. The molecule has 112 valence electrons. The van der Waals surface area contributed by atoms with E-state index >= 15 is 0 Å². The lowest BCUT2D eigenvalue weighted by Crippen LogP contribution is -2.40. The summed E-state index contributed by atoms with van der Waals surface area (Å²) in [5, 5.41) is 8.66. The van der Waals surface area contributed by atoms with Gasteiger partial charge in [0.25, 0.3) is 0 Å². The molecule has 1 rings (SSSR count). The molecule has 0 saturated carbocycles. The van der Waals surface area contributed by atoms with Crippen LogP contribution in [0.25, 0.3) is 0 Å². The highest BCUT2D eigenvalue weighted by molar-refractivity contribution is 7.89. The summed E-state index contributed by atoms with van der Waals surface area (Å²) in [5.41, 5.74) is 0. The first-order valence-electron chi connectivity index (χ1n) is 5.98. The Labute approximate surface area is 121 Å². The summed E-state index contributed by atoms with van der Waals surface area (Å²) in [5.74, 6) is -2.00. The van der Waals surface area contributed by atoms with Gasteiger partial charge in [0, 0.05) is 0 Å². The van der Waals surface area contributed by atoms with Crippen LogP contribution in [-0.2, 0) is 14.8 Å². The molecule has 20 heavy (non-hydrogen) atoms. The zero-order valence-corrected chi connectivity index (χ0v) is 12.3. The lowest BCUT2D eigenvalue weighted by Gasteiger charge is -2.14. The van der Waals surface area contributed by atoms with Gasteiger partial charge in [-0.05, 0) is 24.6 Å². The zero-order valence-electron chi connectivity index (χ0n) is 10.8. The van der Waals surface area contributed by atoms with Crippen LogP contribution in [0.4, 0.5) is 4.39 Å². The number of nitrogens with one attached hydrogen (secondary N) is 1.